The quantitative estimate of drug-likeness (QED) is 0.905. The van der Waals surface area contributed by atoms with E-state index in [1.165, 1.54) is 0 Å². The largest absolute Gasteiger partial charge is 0.488 e. The molecule has 1 saturated heterocycles. The summed E-state index contributed by atoms with van der Waals surface area (Å²) in [6.45, 7) is 1.36. The summed E-state index contributed by atoms with van der Waals surface area (Å²) in [5, 5.41) is 9.45. The molecule has 4 nitrogen and oxygen atoms in total. The second kappa shape index (κ2) is 4.85. The Kier molecular flexibility index (Phi) is 3.19. The molecule has 0 aromatic heterocycles. The Bertz CT molecular complexity index is 473. The molecule has 1 aromatic carbocycles. The Morgan fingerprint density at radius 2 is 2.26 bits per heavy atom. The second-order valence-electron chi connectivity index (χ2n) is 5.37. The minimum Gasteiger partial charge on any atom is -0.488 e. The van der Waals surface area contributed by atoms with E-state index in [0.717, 1.165) is 43.6 Å². The van der Waals surface area contributed by atoms with Gasteiger partial charge in [-0.3, -0.25) is 4.79 Å². The minimum absolute atomic E-state index is 0.0948. The van der Waals surface area contributed by atoms with Crippen LogP contribution < -0.4 is 4.74 Å². The van der Waals surface area contributed by atoms with E-state index in [0.29, 0.717) is 6.61 Å². The highest BCUT2D eigenvalue weighted by molar-refractivity contribution is 5.82. The van der Waals surface area contributed by atoms with Crippen LogP contribution in [0, 0.1) is 0 Å². The molecule has 1 aromatic rings. The first-order valence-electron chi connectivity index (χ1n) is 6.79. The van der Waals surface area contributed by atoms with Gasteiger partial charge in [0.05, 0.1) is 18.6 Å². The van der Waals surface area contributed by atoms with Gasteiger partial charge in [-0.1, -0.05) is 18.6 Å². The van der Waals surface area contributed by atoms with Crippen LogP contribution in [0.2, 0.25) is 0 Å². The van der Waals surface area contributed by atoms with Crippen molar-refractivity contribution >= 4 is 5.97 Å². The molecule has 1 unspecified atom stereocenters. The molecule has 1 heterocycles. The average molecular weight is 262 g/mol. The van der Waals surface area contributed by atoms with Crippen molar-refractivity contribution < 1.29 is 19.4 Å². The lowest BCUT2D eigenvalue weighted by atomic mass is 9.64. The molecule has 0 amide bonds. The van der Waals surface area contributed by atoms with Gasteiger partial charge in [0.25, 0.3) is 0 Å². The van der Waals surface area contributed by atoms with Crippen LogP contribution in [0.3, 0.4) is 0 Å². The smallest absolute Gasteiger partial charge is 0.314 e. The highest BCUT2D eigenvalue weighted by Crippen LogP contribution is 2.44. The van der Waals surface area contributed by atoms with Crippen molar-refractivity contribution in [3.05, 3.63) is 29.8 Å². The standard InChI is InChI=1S/C15H18O4/c16-14(17)15(6-2-7-15)11-3-1-4-12(9-11)19-13-5-8-18-10-13/h1,3-4,9,13H,2,5-8,10H2,(H,16,17). The Morgan fingerprint density at radius 1 is 1.42 bits per heavy atom. The predicted molar refractivity (Wildman–Crippen MR) is 69.5 cm³/mol. The summed E-state index contributed by atoms with van der Waals surface area (Å²) < 4.78 is 11.1. The number of aliphatic carboxylic acids is 1. The predicted octanol–water partition coefficient (Wildman–Crippen LogP) is 2.36. The summed E-state index contributed by atoms with van der Waals surface area (Å²) in [6, 6.07) is 7.54. The lowest BCUT2D eigenvalue weighted by molar-refractivity contribution is -0.147. The molecule has 1 N–H and O–H groups in total. The summed E-state index contributed by atoms with van der Waals surface area (Å²) in [6.07, 6.45) is 3.41. The summed E-state index contributed by atoms with van der Waals surface area (Å²) in [5.41, 5.74) is 0.175. The van der Waals surface area contributed by atoms with Crippen LogP contribution in [0.1, 0.15) is 31.2 Å². The van der Waals surface area contributed by atoms with Gasteiger partial charge in [-0.25, -0.2) is 0 Å². The van der Waals surface area contributed by atoms with Crippen molar-refractivity contribution in [2.45, 2.75) is 37.2 Å². The fourth-order valence-electron chi connectivity index (χ4n) is 2.82. The van der Waals surface area contributed by atoms with E-state index >= 15 is 0 Å². The van der Waals surface area contributed by atoms with E-state index < -0.39 is 11.4 Å². The number of carboxylic acid groups (broad SMARTS) is 1. The highest BCUT2D eigenvalue weighted by Gasteiger charge is 2.46. The molecular weight excluding hydrogens is 244 g/mol. The first kappa shape index (κ1) is 12.5. The molecule has 0 spiro atoms. The topological polar surface area (TPSA) is 55.8 Å². The van der Waals surface area contributed by atoms with Gasteiger partial charge < -0.3 is 14.6 Å². The van der Waals surface area contributed by atoms with Gasteiger partial charge in [-0.2, -0.15) is 0 Å². The number of carboxylic acids is 1. The van der Waals surface area contributed by atoms with Crippen molar-refractivity contribution in [1.82, 2.24) is 0 Å². The SMILES string of the molecule is O=C(O)C1(c2cccc(OC3CCOC3)c2)CCC1. The van der Waals surface area contributed by atoms with Crippen LogP contribution in [-0.2, 0) is 14.9 Å². The minimum atomic E-state index is -0.722. The Labute approximate surface area is 112 Å². The Balaban J connectivity index is 1.81. The van der Waals surface area contributed by atoms with Gasteiger partial charge in [-0.05, 0) is 30.5 Å². The molecule has 1 atom stereocenters. The molecule has 1 aliphatic carbocycles. The lowest BCUT2D eigenvalue weighted by Crippen LogP contribution is -2.42. The molecule has 0 radical (unpaired) electrons. The van der Waals surface area contributed by atoms with Crippen LogP contribution in [0.15, 0.2) is 24.3 Å². The third-order valence-electron chi connectivity index (χ3n) is 4.19. The summed E-state index contributed by atoms with van der Waals surface area (Å²) >= 11 is 0. The van der Waals surface area contributed by atoms with Crippen LogP contribution in [0.5, 0.6) is 5.75 Å². The third kappa shape index (κ3) is 2.21. The number of carbonyl (C=O) groups is 1. The maximum Gasteiger partial charge on any atom is 0.314 e. The molecule has 0 bridgehead atoms. The van der Waals surface area contributed by atoms with Gasteiger partial charge >= 0.3 is 5.97 Å². The maximum absolute atomic E-state index is 11.5. The van der Waals surface area contributed by atoms with Crippen LogP contribution in [-0.4, -0.2) is 30.4 Å². The van der Waals surface area contributed by atoms with E-state index in [1.54, 1.807) is 0 Å². The second-order valence-corrected chi connectivity index (χ2v) is 5.37. The number of rotatable bonds is 4. The summed E-state index contributed by atoms with van der Waals surface area (Å²) in [5.74, 6) is 0.0284. The summed E-state index contributed by atoms with van der Waals surface area (Å²) in [7, 11) is 0. The average Bonchev–Trinajstić information content (AvgIpc) is 2.80. The van der Waals surface area contributed by atoms with E-state index in [1.807, 2.05) is 24.3 Å². The van der Waals surface area contributed by atoms with Crippen molar-refractivity contribution in [3.63, 3.8) is 0 Å². The van der Waals surface area contributed by atoms with E-state index in [2.05, 4.69) is 0 Å². The van der Waals surface area contributed by atoms with Crippen LogP contribution in [0.4, 0.5) is 0 Å². The molecule has 102 valence electrons. The molecule has 4 heteroatoms. The molecule has 3 rings (SSSR count). The summed E-state index contributed by atoms with van der Waals surface area (Å²) in [4.78, 5) is 11.5. The Hall–Kier alpha value is -1.55. The number of benzene rings is 1. The monoisotopic (exact) mass is 262 g/mol. The van der Waals surface area contributed by atoms with Crippen LogP contribution in [0.25, 0.3) is 0 Å². The Morgan fingerprint density at radius 3 is 2.84 bits per heavy atom. The van der Waals surface area contributed by atoms with E-state index in [-0.39, 0.29) is 6.10 Å². The van der Waals surface area contributed by atoms with E-state index in [9.17, 15) is 9.90 Å². The first-order valence-corrected chi connectivity index (χ1v) is 6.79. The van der Waals surface area contributed by atoms with Gasteiger partial charge in [0, 0.05) is 6.42 Å². The zero-order valence-corrected chi connectivity index (χ0v) is 10.8. The van der Waals surface area contributed by atoms with Crippen molar-refractivity contribution in [3.8, 4) is 5.75 Å². The fourth-order valence-corrected chi connectivity index (χ4v) is 2.82. The molecule has 1 aliphatic heterocycles. The normalized spacial score (nSPS) is 24.7. The third-order valence-corrected chi connectivity index (χ3v) is 4.19. The first-order chi connectivity index (χ1) is 9.21. The van der Waals surface area contributed by atoms with Gasteiger partial charge in [0.1, 0.15) is 11.9 Å². The molecule has 2 fully saturated rings. The van der Waals surface area contributed by atoms with Crippen molar-refractivity contribution in [2.75, 3.05) is 13.2 Å². The highest BCUT2D eigenvalue weighted by atomic mass is 16.5. The molecule has 1 saturated carbocycles. The zero-order chi connectivity index (χ0) is 13.3. The van der Waals surface area contributed by atoms with Crippen molar-refractivity contribution in [2.24, 2.45) is 0 Å². The van der Waals surface area contributed by atoms with Crippen LogP contribution >= 0.6 is 0 Å². The molecule has 19 heavy (non-hydrogen) atoms. The van der Waals surface area contributed by atoms with Gasteiger partial charge in [0.15, 0.2) is 0 Å². The maximum atomic E-state index is 11.5. The molecular formula is C15H18O4. The lowest BCUT2D eigenvalue weighted by Gasteiger charge is -2.38. The van der Waals surface area contributed by atoms with Gasteiger partial charge in [-0.15, -0.1) is 0 Å². The molecule has 2 aliphatic rings. The van der Waals surface area contributed by atoms with E-state index in [4.69, 9.17) is 9.47 Å². The number of hydrogen-bond acceptors (Lipinski definition) is 3. The number of ether oxygens (including phenoxy) is 2. The zero-order valence-electron chi connectivity index (χ0n) is 10.8. The number of hydrogen-bond donors (Lipinski definition) is 1. The van der Waals surface area contributed by atoms with Gasteiger partial charge in [0.2, 0.25) is 0 Å². The fraction of sp³-hybridized carbons (Fsp3) is 0.533. The van der Waals surface area contributed by atoms with Crippen molar-refractivity contribution in [1.29, 1.82) is 0 Å².